The number of hydrogen-bond donors (Lipinski definition) is 3. The minimum absolute atomic E-state index is 0.262. The first-order valence-electron chi connectivity index (χ1n) is 4.41. The van der Waals surface area contributed by atoms with Crippen molar-refractivity contribution in [2.24, 2.45) is 0 Å². The van der Waals surface area contributed by atoms with Crippen LogP contribution in [-0.4, -0.2) is 28.0 Å². The molecule has 0 spiro atoms. The van der Waals surface area contributed by atoms with E-state index in [1.807, 2.05) is 0 Å². The summed E-state index contributed by atoms with van der Waals surface area (Å²) in [6, 6.07) is 2.63. The zero-order valence-corrected chi connectivity index (χ0v) is 7.73. The van der Waals surface area contributed by atoms with Crippen molar-refractivity contribution in [3.8, 4) is 0 Å². The largest absolute Gasteiger partial charge is 0.481 e. The SMILES string of the molecule is O=C(O)CC1Nc2ncccc2NC1=O. The summed E-state index contributed by atoms with van der Waals surface area (Å²) >= 11 is 0. The Morgan fingerprint density at radius 1 is 1.60 bits per heavy atom. The van der Waals surface area contributed by atoms with Crippen molar-refractivity contribution >= 4 is 23.4 Å². The molecule has 1 aromatic heterocycles. The van der Waals surface area contributed by atoms with Crippen molar-refractivity contribution in [3.05, 3.63) is 18.3 Å². The summed E-state index contributed by atoms with van der Waals surface area (Å²) in [5.74, 6) is -0.872. The maximum atomic E-state index is 11.4. The summed E-state index contributed by atoms with van der Waals surface area (Å²) < 4.78 is 0. The van der Waals surface area contributed by atoms with Gasteiger partial charge in [0.15, 0.2) is 0 Å². The molecule has 0 aliphatic carbocycles. The maximum Gasteiger partial charge on any atom is 0.305 e. The van der Waals surface area contributed by atoms with E-state index < -0.39 is 12.0 Å². The first-order chi connectivity index (χ1) is 7.16. The van der Waals surface area contributed by atoms with Gasteiger partial charge in [0.2, 0.25) is 5.91 Å². The highest BCUT2D eigenvalue weighted by Crippen LogP contribution is 2.23. The smallest absolute Gasteiger partial charge is 0.305 e. The molecule has 0 bridgehead atoms. The lowest BCUT2D eigenvalue weighted by Crippen LogP contribution is -2.40. The lowest BCUT2D eigenvalue weighted by molar-refractivity contribution is -0.138. The monoisotopic (exact) mass is 207 g/mol. The molecule has 2 rings (SSSR count). The molecule has 1 amide bonds. The highest BCUT2D eigenvalue weighted by atomic mass is 16.4. The van der Waals surface area contributed by atoms with E-state index in [1.54, 1.807) is 18.3 Å². The number of aromatic nitrogens is 1. The van der Waals surface area contributed by atoms with Crippen molar-refractivity contribution in [2.75, 3.05) is 10.6 Å². The van der Waals surface area contributed by atoms with Crippen LogP contribution < -0.4 is 10.6 Å². The third-order valence-electron chi connectivity index (χ3n) is 2.07. The second-order valence-electron chi connectivity index (χ2n) is 3.18. The average molecular weight is 207 g/mol. The Kier molecular flexibility index (Phi) is 2.24. The summed E-state index contributed by atoms with van der Waals surface area (Å²) in [7, 11) is 0. The van der Waals surface area contributed by atoms with Gasteiger partial charge >= 0.3 is 5.97 Å². The maximum absolute atomic E-state index is 11.4. The van der Waals surface area contributed by atoms with Gasteiger partial charge in [-0.1, -0.05) is 0 Å². The van der Waals surface area contributed by atoms with Gasteiger partial charge in [-0.05, 0) is 12.1 Å². The van der Waals surface area contributed by atoms with E-state index in [-0.39, 0.29) is 12.3 Å². The van der Waals surface area contributed by atoms with Gasteiger partial charge < -0.3 is 15.7 Å². The van der Waals surface area contributed by atoms with E-state index >= 15 is 0 Å². The van der Waals surface area contributed by atoms with Crippen molar-refractivity contribution < 1.29 is 14.7 Å². The molecule has 3 N–H and O–H groups in total. The van der Waals surface area contributed by atoms with Crippen LogP contribution in [0.5, 0.6) is 0 Å². The number of aliphatic carboxylic acids is 1. The van der Waals surface area contributed by atoms with Crippen LogP contribution in [0.15, 0.2) is 18.3 Å². The number of nitrogens with zero attached hydrogens (tertiary/aromatic N) is 1. The zero-order valence-electron chi connectivity index (χ0n) is 7.73. The molecular weight excluding hydrogens is 198 g/mol. The number of rotatable bonds is 2. The molecule has 1 aliphatic rings. The fourth-order valence-electron chi connectivity index (χ4n) is 1.39. The minimum atomic E-state index is -1.03. The Morgan fingerprint density at radius 2 is 2.40 bits per heavy atom. The number of anilines is 2. The lowest BCUT2D eigenvalue weighted by Gasteiger charge is -2.24. The number of carbonyl (C=O) groups excluding carboxylic acids is 1. The molecule has 6 heteroatoms. The van der Waals surface area contributed by atoms with E-state index in [1.165, 1.54) is 0 Å². The van der Waals surface area contributed by atoms with E-state index in [0.717, 1.165) is 0 Å². The van der Waals surface area contributed by atoms with Gasteiger partial charge in [0, 0.05) is 6.20 Å². The molecule has 1 unspecified atom stereocenters. The lowest BCUT2D eigenvalue weighted by atomic mass is 10.1. The first-order valence-corrected chi connectivity index (χ1v) is 4.41. The van der Waals surface area contributed by atoms with E-state index in [0.29, 0.717) is 11.5 Å². The Hall–Kier alpha value is -2.11. The first kappa shape index (κ1) is 9.45. The molecule has 0 saturated heterocycles. The summed E-state index contributed by atoms with van der Waals surface area (Å²) in [5.41, 5.74) is 0.573. The summed E-state index contributed by atoms with van der Waals surface area (Å²) in [5, 5.41) is 14.0. The second-order valence-corrected chi connectivity index (χ2v) is 3.18. The third kappa shape index (κ3) is 1.88. The van der Waals surface area contributed by atoms with Crippen LogP contribution in [0.25, 0.3) is 0 Å². The highest BCUT2D eigenvalue weighted by molar-refractivity contribution is 6.03. The summed E-state index contributed by atoms with van der Waals surface area (Å²) in [6.45, 7) is 0. The fraction of sp³-hybridized carbons (Fsp3) is 0.222. The van der Waals surface area contributed by atoms with Gasteiger partial charge in [-0.2, -0.15) is 0 Å². The number of pyridine rings is 1. The molecule has 2 heterocycles. The van der Waals surface area contributed by atoms with Gasteiger partial charge in [-0.15, -0.1) is 0 Å². The molecule has 0 aromatic carbocycles. The standard InChI is InChI=1S/C9H9N3O3/c13-7(14)4-6-9(15)12-5-2-1-3-10-8(5)11-6/h1-3,6H,4H2,(H,10,11)(H,12,15)(H,13,14). The van der Waals surface area contributed by atoms with E-state index in [2.05, 4.69) is 15.6 Å². The number of nitrogens with one attached hydrogen (secondary N) is 2. The summed E-state index contributed by atoms with van der Waals surface area (Å²) in [6.07, 6.45) is 1.31. The van der Waals surface area contributed by atoms with Gasteiger partial charge in [-0.25, -0.2) is 4.98 Å². The molecule has 1 aromatic rings. The average Bonchev–Trinajstić information content (AvgIpc) is 2.18. The van der Waals surface area contributed by atoms with Crippen LogP contribution in [0, 0.1) is 0 Å². The Morgan fingerprint density at radius 3 is 3.13 bits per heavy atom. The molecule has 1 aliphatic heterocycles. The summed E-state index contributed by atoms with van der Waals surface area (Å²) in [4.78, 5) is 25.9. The second kappa shape index (κ2) is 3.56. The Balaban J connectivity index is 2.22. The van der Waals surface area contributed by atoms with Crippen LogP contribution in [-0.2, 0) is 9.59 Å². The van der Waals surface area contributed by atoms with Crippen molar-refractivity contribution in [1.29, 1.82) is 0 Å². The molecule has 0 radical (unpaired) electrons. The van der Waals surface area contributed by atoms with Gasteiger partial charge in [0.05, 0.1) is 12.1 Å². The van der Waals surface area contributed by atoms with Crippen molar-refractivity contribution in [2.45, 2.75) is 12.5 Å². The minimum Gasteiger partial charge on any atom is -0.481 e. The number of amides is 1. The zero-order chi connectivity index (χ0) is 10.8. The predicted octanol–water partition coefficient (Wildman–Crippen LogP) is 0.289. The molecule has 6 nitrogen and oxygen atoms in total. The molecule has 78 valence electrons. The molecular formula is C9H9N3O3. The van der Waals surface area contributed by atoms with Crippen LogP contribution in [0.2, 0.25) is 0 Å². The van der Waals surface area contributed by atoms with Crippen molar-refractivity contribution in [1.82, 2.24) is 4.98 Å². The van der Waals surface area contributed by atoms with Gasteiger partial charge in [0.25, 0.3) is 0 Å². The number of carbonyl (C=O) groups is 2. The molecule has 0 saturated carbocycles. The quantitative estimate of drug-likeness (QED) is 0.648. The molecule has 0 fully saturated rings. The van der Waals surface area contributed by atoms with Crippen LogP contribution >= 0.6 is 0 Å². The van der Waals surface area contributed by atoms with Crippen molar-refractivity contribution in [3.63, 3.8) is 0 Å². The number of carboxylic acids is 1. The predicted molar refractivity (Wildman–Crippen MR) is 52.5 cm³/mol. The van der Waals surface area contributed by atoms with E-state index in [4.69, 9.17) is 5.11 Å². The van der Waals surface area contributed by atoms with Gasteiger partial charge in [0.1, 0.15) is 11.9 Å². The third-order valence-corrected chi connectivity index (χ3v) is 2.07. The topological polar surface area (TPSA) is 91.3 Å². The van der Waals surface area contributed by atoms with E-state index in [9.17, 15) is 9.59 Å². The van der Waals surface area contributed by atoms with Gasteiger partial charge in [-0.3, -0.25) is 9.59 Å². The van der Waals surface area contributed by atoms with Crippen LogP contribution in [0.4, 0.5) is 11.5 Å². The highest BCUT2D eigenvalue weighted by Gasteiger charge is 2.27. The van der Waals surface area contributed by atoms with Crippen LogP contribution in [0.3, 0.4) is 0 Å². The number of hydrogen-bond acceptors (Lipinski definition) is 4. The fourth-order valence-corrected chi connectivity index (χ4v) is 1.39. The Labute approximate surface area is 85.3 Å². The number of carboxylic acid groups (broad SMARTS) is 1. The molecule has 1 atom stereocenters. The van der Waals surface area contributed by atoms with Crippen LogP contribution in [0.1, 0.15) is 6.42 Å². The number of fused-ring (bicyclic) bond motifs is 1. The normalized spacial score (nSPS) is 18.7. The molecule has 15 heavy (non-hydrogen) atoms. The Bertz CT molecular complexity index is 419.